The Hall–Kier alpha value is -2.88. The van der Waals surface area contributed by atoms with Crippen LogP contribution < -0.4 is 5.32 Å². The summed E-state index contributed by atoms with van der Waals surface area (Å²) in [5.74, 6) is -0.0479. The summed E-state index contributed by atoms with van der Waals surface area (Å²) >= 11 is 0. The molecule has 1 amide bonds. The summed E-state index contributed by atoms with van der Waals surface area (Å²) in [6.07, 6.45) is 0.341. The van der Waals surface area contributed by atoms with Crippen molar-refractivity contribution in [3.05, 3.63) is 71.4 Å². The van der Waals surface area contributed by atoms with E-state index >= 15 is 0 Å². The second kappa shape index (κ2) is 7.16. The van der Waals surface area contributed by atoms with Gasteiger partial charge in [-0.1, -0.05) is 75.4 Å². The van der Waals surface area contributed by atoms with E-state index in [9.17, 15) is 4.79 Å². The molecular formula is C22H25N3O. The Morgan fingerprint density at radius 2 is 1.69 bits per heavy atom. The number of anilines is 1. The van der Waals surface area contributed by atoms with Crippen LogP contribution in [-0.4, -0.2) is 16.1 Å². The first kappa shape index (κ1) is 17.9. The summed E-state index contributed by atoms with van der Waals surface area (Å²) in [5.41, 5.74) is 5.70. The maximum Gasteiger partial charge on any atom is 0.228 e. The number of aromatic amines is 1. The lowest BCUT2D eigenvalue weighted by Crippen LogP contribution is -2.15. The van der Waals surface area contributed by atoms with E-state index in [0.29, 0.717) is 6.42 Å². The highest BCUT2D eigenvalue weighted by Gasteiger charge is 2.17. The topological polar surface area (TPSA) is 57.8 Å². The molecule has 0 saturated carbocycles. The normalized spacial score (nSPS) is 11.4. The van der Waals surface area contributed by atoms with Crippen molar-refractivity contribution in [3.8, 4) is 11.3 Å². The van der Waals surface area contributed by atoms with Gasteiger partial charge in [-0.2, -0.15) is 5.10 Å². The Morgan fingerprint density at radius 1 is 1.04 bits per heavy atom. The molecule has 1 heterocycles. The Labute approximate surface area is 154 Å². The number of aromatic nitrogens is 2. The van der Waals surface area contributed by atoms with Gasteiger partial charge in [-0.25, -0.2) is 0 Å². The van der Waals surface area contributed by atoms with Crippen LogP contribution >= 0.6 is 0 Å². The first-order valence-electron chi connectivity index (χ1n) is 8.84. The minimum Gasteiger partial charge on any atom is -0.322 e. The number of carbonyl (C=O) groups is 1. The van der Waals surface area contributed by atoms with Crippen LogP contribution in [0.4, 0.5) is 5.69 Å². The lowest BCUT2D eigenvalue weighted by atomic mass is 9.86. The van der Waals surface area contributed by atoms with E-state index in [1.165, 1.54) is 5.56 Å². The SMILES string of the molecule is Cc1[nH]nc(-c2ccc(C(C)(C)C)cc2)c1NC(=O)Cc1ccccc1. The van der Waals surface area contributed by atoms with Crippen LogP contribution in [0.15, 0.2) is 54.6 Å². The first-order chi connectivity index (χ1) is 12.3. The van der Waals surface area contributed by atoms with Crippen molar-refractivity contribution in [3.63, 3.8) is 0 Å². The number of nitrogens with zero attached hydrogens (tertiary/aromatic N) is 1. The maximum atomic E-state index is 12.4. The third-order valence-electron chi connectivity index (χ3n) is 4.44. The second-order valence-corrected chi connectivity index (χ2v) is 7.61. The van der Waals surface area contributed by atoms with E-state index in [-0.39, 0.29) is 11.3 Å². The van der Waals surface area contributed by atoms with Crippen LogP contribution in [0, 0.1) is 6.92 Å². The molecule has 0 unspecified atom stereocenters. The molecule has 2 N–H and O–H groups in total. The van der Waals surface area contributed by atoms with Gasteiger partial charge in [0.1, 0.15) is 5.69 Å². The van der Waals surface area contributed by atoms with Crippen molar-refractivity contribution >= 4 is 11.6 Å². The van der Waals surface area contributed by atoms with Crippen LogP contribution in [0.5, 0.6) is 0 Å². The van der Waals surface area contributed by atoms with E-state index in [1.807, 2.05) is 37.3 Å². The second-order valence-electron chi connectivity index (χ2n) is 7.61. The minimum absolute atomic E-state index is 0.0479. The fraction of sp³-hybridized carbons (Fsp3) is 0.273. The van der Waals surface area contributed by atoms with Gasteiger partial charge in [-0.05, 0) is 23.5 Å². The molecule has 0 bridgehead atoms. The number of rotatable bonds is 4. The summed E-state index contributed by atoms with van der Waals surface area (Å²) in [6, 6.07) is 18.1. The van der Waals surface area contributed by atoms with Gasteiger partial charge in [0, 0.05) is 5.56 Å². The van der Waals surface area contributed by atoms with Crippen molar-refractivity contribution in [2.24, 2.45) is 0 Å². The molecular weight excluding hydrogens is 322 g/mol. The number of hydrogen-bond acceptors (Lipinski definition) is 2. The van der Waals surface area contributed by atoms with Crippen molar-refractivity contribution in [1.29, 1.82) is 0 Å². The minimum atomic E-state index is -0.0479. The number of hydrogen-bond donors (Lipinski definition) is 2. The van der Waals surface area contributed by atoms with Gasteiger partial charge < -0.3 is 5.32 Å². The standard InChI is InChI=1S/C22H25N3O/c1-15-20(23-19(26)14-16-8-6-5-7-9-16)21(25-24-15)17-10-12-18(13-11-17)22(2,3)4/h5-13H,14H2,1-4H3,(H,23,26)(H,24,25). The van der Waals surface area contributed by atoms with Crippen molar-refractivity contribution in [1.82, 2.24) is 10.2 Å². The molecule has 4 nitrogen and oxygen atoms in total. The lowest BCUT2D eigenvalue weighted by Gasteiger charge is -2.19. The largest absolute Gasteiger partial charge is 0.322 e. The molecule has 0 radical (unpaired) electrons. The monoisotopic (exact) mass is 347 g/mol. The zero-order valence-electron chi connectivity index (χ0n) is 15.8. The zero-order valence-corrected chi connectivity index (χ0v) is 15.8. The van der Waals surface area contributed by atoms with E-state index in [0.717, 1.165) is 28.2 Å². The third kappa shape index (κ3) is 4.02. The fourth-order valence-electron chi connectivity index (χ4n) is 2.88. The summed E-state index contributed by atoms with van der Waals surface area (Å²) in [6.45, 7) is 8.49. The Morgan fingerprint density at radius 3 is 2.31 bits per heavy atom. The molecule has 1 aromatic heterocycles. The van der Waals surface area contributed by atoms with Gasteiger partial charge in [-0.15, -0.1) is 0 Å². The number of H-pyrrole nitrogens is 1. The summed E-state index contributed by atoms with van der Waals surface area (Å²) < 4.78 is 0. The molecule has 0 atom stereocenters. The van der Waals surface area contributed by atoms with E-state index < -0.39 is 0 Å². The number of nitrogens with one attached hydrogen (secondary N) is 2. The van der Waals surface area contributed by atoms with Gasteiger partial charge in [0.25, 0.3) is 0 Å². The van der Waals surface area contributed by atoms with Crippen molar-refractivity contribution in [2.45, 2.75) is 39.5 Å². The van der Waals surface area contributed by atoms with Crippen LogP contribution in [0.1, 0.15) is 37.6 Å². The zero-order chi connectivity index (χ0) is 18.7. The van der Waals surface area contributed by atoms with Gasteiger partial charge in [0.2, 0.25) is 5.91 Å². The van der Waals surface area contributed by atoms with Crippen LogP contribution in [-0.2, 0) is 16.6 Å². The molecule has 0 saturated heterocycles. The quantitative estimate of drug-likeness (QED) is 0.708. The maximum absolute atomic E-state index is 12.4. The average Bonchev–Trinajstić information content (AvgIpc) is 2.96. The molecule has 3 rings (SSSR count). The molecule has 0 fully saturated rings. The molecule has 26 heavy (non-hydrogen) atoms. The lowest BCUT2D eigenvalue weighted by molar-refractivity contribution is -0.115. The van der Waals surface area contributed by atoms with Gasteiger partial charge in [0.15, 0.2) is 0 Å². The summed E-state index contributed by atoms with van der Waals surface area (Å²) in [7, 11) is 0. The van der Waals surface area contributed by atoms with Crippen molar-refractivity contribution < 1.29 is 4.79 Å². The predicted octanol–water partition coefficient (Wildman–Crippen LogP) is 4.86. The van der Waals surface area contributed by atoms with E-state index in [2.05, 4.69) is 60.6 Å². The third-order valence-corrected chi connectivity index (χ3v) is 4.44. The van der Waals surface area contributed by atoms with Gasteiger partial charge in [0.05, 0.1) is 17.8 Å². The summed E-state index contributed by atoms with van der Waals surface area (Å²) in [5, 5.41) is 10.4. The van der Waals surface area contributed by atoms with Crippen molar-refractivity contribution in [2.75, 3.05) is 5.32 Å². The van der Waals surface area contributed by atoms with Crippen LogP contribution in [0.3, 0.4) is 0 Å². The predicted molar refractivity (Wildman–Crippen MR) is 106 cm³/mol. The smallest absolute Gasteiger partial charge is 0.228 e. The molecule has 0 aliphatic carbocycles. The Bertz CT molecular complexity index is 887. The number of benzene rings is 2. The Kier molecular flexibility index (Phi) is 4.94. The summed E-state index contributed by atoms with van der Waals surface area (Å²) in [4.78, 5) is 12.4. The molecule has 0 aliphatic heterocycles. The molecule has 4 heteroatoms. The van der Waals surface area contributed by atoms with E-state index in [4.69, 9.17) is 0 Å². The van der Waals surface area contributed by atoms with E-state index in [1.54, 1.807) is 0 Å². The highest BCUT2D eigenvalue weighted by atomic mass is 16.1. The molecule has 0 aliphatic rings. The number of carbonyl (C=O) groups excluding carboxylic acids is 1. The Balaban J connectivity index is 1.82. The molecule has 2 aromatic carbocycles. The molecule has 134 valence electrons. The number of aryl methyl sites for hydroxylation is 1. The number of amides is 1. The highest BCUT2D eigenvalue weighted by Crippen LogP contribution is 2.31. The van der Waals surface area contributed by atoms with Crippen LogP contribution in [0.2, 0.25) is 0 Å². The van der Waals surface area contributed by atoms with Gasteiger partial charge >= 0.3 is 0 Å². The molecule has 3 aromatic rings. The molecule has 0 spiro atoms. The van der Waals surface area contributed by atoms with Gasteiger partial charge in [-0.3, -0.25) is 9.89 Å². The average molecular weight is 347 g/mol. The fourth-order valence-corrected chi connectivity index (χ4v) is 2.88. The highest BCUT2D eigenvalue weighted by molar-refractivity contribution is 5.96. The first-order valence-corrected chi connectivity index (χ1v) is 8.84. The van der Waals surface area contributed by atoms with Crippen LogP contribution in [0.25, 0.3) is 11.3 Å².